The molecule has 0 amide bonds. The highest BCUT2D eigenvalue weighted by molar-refractivity contribution is 7.93. The van der Waals surface area contributed by atoms with Crippen LogP contribution < -0.4 is 10.0 Å². The summed E-state index contributed by atoms with van der Waals surface area (Å²) in [5.74, 6) is 0.345. The van der Waals surface area contributed by atoms with Crippen molar-refractivity contribution in [3.05, 3.63) is 29.8 Å². The second-order valence-corrected chi connectivity index (χ2v) is 6.71. The Morgan fingerprint density at radius 2 is 2.24 bits per heavy atom. The van der Waals surface area contributed by atoms with E-state index in [2.05, 4.69) is 0 Å². The lowest BCUT2D eigenvalue weighted by atomic mass is 10.2. The van der Waals surface area contributed by atoms with Crippen molar-refractivity contribution in [2.24, 2.45) is 11.7 Å². The molecule has 17 heavy (non-hydrogen) atoms. The molecule has 1 aliphatic rings. The van der Waals surface area contributed by atoms with Gasteiger partial charge in [0, 0.05) is 12.1 Å². The Kier molecular flexibility index (Phi) is 3.09. The van der Waals surface area contributed by atoms with Gasteiger partial charge >= 0.3 is 0 Å². The Morgan fingerprint density at radius 3 is 2.76 bits per heavy atom. The first-order valence-electron chi connectivity index (χ1n) is 5.30. The molecule has 1 unspecified atom stereocenters. The van der Waals surface area contributed by atoms with Gasteiger partial charge in [-0.1, -0.05) is 31.3 Å². The lowest BCUT2D eigenvalue weighted by Crippen LogP contribution is -2.25. The van der Waals surface area contributed by atoms with Crippen LogP contribution in [0, 0.1) is 5.92 Å². The van der Waals surface area contributed by atoms with Gasteiger partial charge in [0.2, 0.25) is 10.0 Å². The van der Waals surface area contributed by atoms with Crippen LogP contribution in [-0.4, -0.2) is 25.7 Å². The largest absolute Gasteiger partial charge is 0.389 e. The Morgan fingerprint density at radius 1 is 1.53 bits per heavy atom. The number of hydrogen-bond acceptors (Lipinski definition) is 3. The second-order valence-electron chi connectivity index (χ2n) is 4.33. The Balaban J connectivity index is 2.41. The van der Waals surface area contributed by atoms with Crippen LogP contribution in [0.1, 0.15) is 12.5 Å². The molecule has 0 aromatic heterocycles. The van der Waals surface area contributed by atoms with Gasteiger partial charge in [0.1, 0.15) is 4.99 Å². The summed E-state index contributed by atoms with van der Waals surface area (Å²) < 4.78 is 25.3. The van der Waals surface area contributed by atoms with E-state index in [0.29, 0.717) is 17.8 Å². The fraction of sp³-hybridized carbons (Fsp3) is 0.364. The van der Waals surface area contributed by atoms with E-state index in [0.717, 1.165) is 0 Å². The minimum absolute atomic E-state index is 0.147. The van der Waals surface area contributed by atoms with E-state index in [1.54, 1.807) is 24.3 Å². The number of nitrogens with zero attached hydrogens (tertiary/aromatic N) is 1. The molecule has 2 rings (SSSR count). The van der Waals surface area contributed by atoms with Gasteiger partial charge < -0.3 is 5.73 Å². The van der Waals surface area contributed by atoms with Crippen LogP contribution in [0.15, 0.2) is 24.3 Å². The van der Waals surface area contributed by atoms with Crippen LogP contribution in [0.25, 0.3) is 0 Å². The third-order valence-corrected chi connectivity index (χ3v) is 4.98. The topological polar surface area (TPSA) is 63.4 Å². The summed E-state index contributed by atoms with van der Waals surface area (Å²) in [6.07, 6.45) is 0. The molecule has 4 nitrogen and oxygen atoms in total. The summed E-state index contributed by atoms with van der Waals surface area (Å²) in [5.41, 5.74) is 6.87. The Labute approximate surface area is 106 Å². The average molecular weight is 270 g/mol. The predicted molar refractivity (Wildman–Crippen MR) is 72.6 cm³/mol. The molecule has 1 aromatic carbocycles. The smallest absolute Gasteiger partial charge is 0.235 e. The van der Waals surface area contributed by atoms with E-state index in [9.17, 15) is 8.42 Å². The van der Waals surface area contributed by atoms with Crippen molar-refractivity contribution in [1.82, 2.24) is 0 Å². The summed E-state index contributed by atoms with van der Waals surface area (Å²) in [6, 6.07) is 7.02. The summed E-state index contributed by atoms with van der Waals surface area (Å²) in [4.78, 5) is 0.275. The lowest BCUT2D eigenvalue weighted by Gasteiger charge is -2.17. The van der Waals surface area contributed by atoms with E-state index < -0.39 is 10.0 Å². The normalized spacial score (nSPS) is 22.6. The molecule has 1 saturated heterocycles. The van der Waals surface area contributed by atoms with Gasteiger partial charge in [-0.3, -0.25) is 4.31 Å². The molecule has 0 bridgehead atoms. The van der Waals surface area contributed by atoms with E-state index in [1.165, 1.54) is 4.31 Å². The number of nitrogens with two attached hydrogens (primary N) is 1. The SMILES string of the molecule is CC1CN(c2cccc(C(N)=S)c2)S(=O)(=O)C1. The monoisotopic (exact) mass is 270 g/mol. The van der Waals surface area contributed by atoms with Crippen molar-refractivity contribution in [3.63, 3.8) is 0 Å². The van der Waals surface area contributed by atoms with E-state index in [1.807, 2.05) is 6.92 Å². The number of hydrogen-bond donors (Lipinski definition) is 1. The molecule has 0 radical (unpaired) electrons. The molecular weight excluding hydrogens is 256 g/mol. The van der Waals surface area contributed by atoms with E-state index in [4.69, 9.17) is 18.0 Å². The van der Waals surface area contributed by atoms with Gasteiger partial charge in [0.15, 0.2) is 0 Å². The van der Waals surface area contributed by atoms with Crippen molar-refractivity contribution in [1.29, 1.82) is 0 Å². The van der Waals surface area contributed by atoms with Gasteiger partial charge in [0.05, 0.1) is 11.4 Å². The standard InChI is InChI=1S/C11H14N2O2S2/c1-8-6-13(17(14,15)7-8)10-4-2-3-9(5-10)11(12)16/h2-5,8H,6-7H2,1H3,(H2,12,16). The molecule has 0 spiro atoms. The summed E-state index contributed by atoms with van der Waals surface area (Å²) >= 11 is 4.89. The van der Waals surface area contributed by atoms with Crippen molar-refractivity contribution < 1.29 is 8.42 Å². The minimum atomic E-state index is -3.18. The van der Waals surface area contributed by atoms with Gasteiger partial charge in [-0.2, -0.15) is 0 Å². The third kappa shape index (κ3) is 2.42. The van der Waals surface area contributed by atoms with Crippen LogP contribution in [0.5, 0.6) is 0 Å². The zero-order chi connectivity index (χ0) is 12.6. The van der Waals surface area contributed by atoms with Gasteiger partial charge in [0.25, 0.3) is 0 Å². The maximum absolute atomic E-state index is 11.9. The zero-order valence-electron chi connectivity index (χ0n) is 9.46. The lowest BCUT2D eigenvalue weighted by molar-refractivity contribution is 0.598. The second kappa shape index (κ2) is 4.27. The fourth-order valence-electron chi connectivity index (χ4n) is 1.98. The maximum Gasteiger partial charge on any atom is 0.235 e. The summed E-state index contributed by atoms with van der Waals surface area (Å²) in [6.45, 7) is 2.44. The van der Waals surface area contributed by atoms with Crippen molar-refractivity contribution in [2.45, 2.75) is 6.92 Å². The van der Waals surface area contributed by atoms with Crippen LogP contribution in [0.2, 0.25) is 0 Å². The van der Waals surface area contributed by atoms with Gasteiger partial charge in [-0.15, -0.1) is 0 Å². The zero-order valence-corrected chi connectivity index (χ0v) is 11.1. The summed E-state index contributed by atoms with van der Waals surface area (Å²) in [5, 5.41) is 0. The van der Waals surface area contributed by atoms with E-state index >= 15 is 0 Å². The van der Waals surface area contributed by atoms with E-state index in [-0.39, 0.29) is 16.7 Å². The molecule has 1 atom stereocenters. The van der Waals surface area contributed by atoms with Crippen molar-refractivity contribution in [3.8, 4) is 0 Å². The highest BCUT2D eigenvalue weighted by atomic mass is 32.2. The molecule has 0 saturated carbocycles. The molecule has 1 aliphatic heterocycles. The first-order valence-corrected chi connectivity index (χ1v) is 7.32. The number of rotatable bonds is 2. The highest BCUT2D eigenvalue weighted by Crippen LogP contribution is 2.27. The van der Waals surface area contributed by atoms with Crippen LogP contribution >= 0.6 is 12.2 Å². The predicted octanol–water partition coefficient (Wildman–Crippen LogP) is 1.11. The minimum Gasteiger partial charge on any atom is -0.389 e. The quantitative estimate of drug-likeness (QED) is 0.818. The Bertz CT molecular complexity index is 554. The number of benzene rings is 1. The Hall–Kier alpha value is -1.14. The highest BCUT2D eigenvalue weighted by Gasteiger charge is 2.33. The van der Waals surface area contributed by atoms with Crippen LogP contribution in [0.4, 0.5) is 5.69 Å². The first kappa shape index (κ1) is 12.3. The molecule has 0 aliphatic carbocycles. The van der Waals surface area contributed by atoms with Crippen molar-refractivity contribution in [2.75, 3.05) is 16.6 Å². The molecule has 6 heteroatoms. The van der Waals surface area contributed by atoms with Crippen molar-refractivity contribution >= 4 is 32.9 Å². The third-order valence-electron chi connectivity index (χ3n) is 2.73. The molecule has 1 heterocycles. The van der Waals surface area contributed by atoms with Crippen LogP contribution in [-0.2, 0) is 10.0 Å². The van der Waals surface area contributed by atoms with Gasteiger partial charge in [-0.25, -0.2) is 8.42 Å². The van der Waals surface area contributed by atoms with Crippen LogP contribution in [0.3, 0.4) is 0 Å². The first-order chi connectivity index (χ1) is 7.90. The number of thiocarbonyl (C=S) groups is 1. The molecular formula is C11H14N2O2S2. The molecule has 1 aromatic rings. The average Bonchev–Trinajstić information content (AvgIpc) is 2.52. The fourth-order valence-corrected chi connectivity index (χ4v) is 4.03. The maximum atomic E-state index is 11.9. The molecule has 92 valence electrons. The van der Waals surface area contributed by atoms with Gasteiger partial charge in [-0.05, 0) is 18.1 Å². The number of anilines is 1. The summed E-state index contributed by atoms with van der Waals surface area (Å²) in [7, 11) is -3.18. The molecule has 2 N–H and O–H groups in total. The number of sulfonamides is 1. The molecule has 1 fully saturated rings.